The predicted molar refractivity (Wildman–Crippen MR) is 76.3 cm³/mol. The number of ether oxygens (including phenoxy) is 1. The lowest BCUT2D eigenvalue weighted by atomic mass is 10.2. The molecule has 0 heterocycles. The van der Waals surface area contributed by atoms with Crippen LogP contribution in [0.5, 0.6) is 5.75 Å². The molecule has 0 atom stereocenters. The Balaban J connectivity index is 2.18. The van der Waals surface area contributed by atoms with Crippen molar-refractivity contribution < 1.29 is 32.4 Å². The first-order chi connectivity index (χ1) is 11.2. The number of non-ortho nitro benzene ring substituents is 1. The smallest absolute Gasteiger partial charge is 0.427 e. The maximum Gasteiger partial charge on any atom is 0.471 e. The van der Waals surface area contributed by atoms with Gasteiger partial charge in [-0.15, -0.1) is 0 Å². The Hall–Kier alpha value is -2.65. The predicted octanol–water partition coefficient (Wildman–Crippen LogP) is 2.74. The van der Waals surface area contributed by atoms with E-state index in [4.69, 9.17) is 4.74 Å². The average Bonchev–Trinajstić information content (AvgIpc) is 2.50. The molecular formula is C14H15F3N2O5. The maximum atomic E-state index is 11.9. The molecule has 1 aromatic carbocycles. The largest absolute Gasteiger partial charge is 0.471 e. The number of alkyl halides is 3. The van der Waals surface area contributed by atoms with E-state index in [2.05, 4.69) is 0 Å². The van der Waals surface area contributed by atoms with Gasteiger partial charge in [-0.25, -0.2) is 0 Å². The van der Waals surface area contributed by atoms with Gasteiger partial charge in [0.1, 0.15) is 5.75 Å². The Morgan fingerprint density at radius 1 is 1.12 bits per heavy atom. The first-order valence-electron chi connectivity index (χ1n) is 7.00. The van der Waals surface area contributed by atoms with Crippen LogP contribution in [-0.2, 0) is 9.59 Å². The van der Waals surface area contributed by atoms with Crippen LogP contribution in [-0.4, -0.2) is 29.5 Å². The second kappa shape index (κ2) is 8.85. The van der Waals surface area contributed by atoms with E-state index in [1.807, 2.05) is 0 Å². The van der Waals surface area contributed by atoms with Gasteiger partial charge in [0, 0.05) is 25.1 Å². The van der Waals surface area contributed by atoms with Gasteiger partial charge in [0.05, 0.1) is 4.92 Å². The quantitative estimate of drug-likeness (QED) is 0.256. The fraction of sp³-hybridized carbons (Fsp3) is 0.429. The molecular weight excluding hydrogens is 333 g/mol. The molecule has 1 N–H and O–H groups in total. The number of hydrogen-bond donors (Lipinski definition) is 1. The highest BCUT2D eigenvalue weighted by Crippen LogP contribution is 2.18. The molecule has 0 saturated heterocycles. The zero-order chi connectivity index (χ0) is 18.2. The van der Waals surface area contributed by atoms with E-state index in [-0.39, 0.29) is 24.4 Å². The Morgan fingerprint density at radius 2 is 1.75 bits per heavy atom. The van der Waals surface area contributed by atoms with Crippen molar-refractivity contribution in [1.29, 1.82) is 0 Å². The highest BCUT2D eigenvalue weighted by atomic mass is 19.4. The number of carbonyl (C=O) groups excluding carboxylic acids is 2. The summed E-state index contributed by atoms with van der Waals surface area (Å²) in [5, 5.41) is 12.2. The molecule has 0 spiro atoms. The van der Waals surface area contributed by atoms with Crippen LogP contribution < -0.4 is 10.1 Å². The lowest BCUT2D eigenvalue weighted by molar-refractivity contribution is -0.384. The van der Waals surface area contributed by atoms with Crippen molar-refractivity contribution in [2.45, 2.75) is 31.9 Å². The SMILES string of the molecule is O=C(CCCCCNC(=O)C(F)(F)F)Oc1ccc([N+](=O)[O-])cc1. The van der Waals surface area contributed by atoms with Crippen LogP contribution in [0.25, 0.3) is 0 Å². The lowest BCUT2D eigenvalue weighted by Crippen LogP contribution is -2.37. The molecule has 0 unspecified atom stereocenters. The average molecular weight is 348 g/mol. The summed E-state index contributed by atoms with van der Waals surface area (Å²) < 4.78 is 40.6. The van der Waals surface area contributed by atoms with Crippen molar-refractivity contribution in [3.05, 3.63) is 34.4 Å². The monoisotopic (exact) mass is 348 g/mol. The first-order valence-corrected chi connectivity index (χ1v) is 7.00. The maximum absolute atomic E-state index is 11.9. The molecule has 0 aliphatic rings. The topological polar surface area (TPSA) is 98.5 Å². The minimum atomic E-state index is -4.89. The number of esters is 1. The highest BCUT2D eigenvalue weighted by molar-refractivity contribution is 5.81. The number of nitro benzene ring substituents is 1. The van der Waals surface area contributed by atoms with Gasteiger partial charge in [0.2, 0.25) is 0 Å². The normalized spacial score (nSPS) is 11.0. The summed E-state index contributed by atoms with van der Waals surface area (Å²) in [7, 11) is 0. The molecule has 24 heavy (non-hydrogen) atoms. The lowest BCUT2D eigenvalue weighted by Gasteiger charge is -2.07. The van der Waals surface area contributed by atoms with E-state index in [9.17, 15) is 32.9 Å². The van der Waals surface area contributed by atoms with Crippen molar-refractivity contribution >= 4 is 17.6 Å². The Labute approximate surface area is 134 Å². The van der Waals surface area contributed by atoms with E-state index in [1.165, 1.54) is 24.3 Å². The third kappa shape index (κ3) is 7.07. The van der Waals surface area contributed by atoms with E-state index < -0.39 is 23.0 Å². The Kier molecular flexibility index (Phi) is 7.15. The number of unbranched alkanes of at least 4 members (excludes halogenated alkanes) is 2. The molecule has 0 saturated carbocycles. The Bertz CT molecular complexity index is 587. The summed E-state index contributed by atoms with van der Waals surface area (Å²) in [5.41, 5.74) is -0.129. The van der Waals surface area contributed by atoms with Crippen LogP contribution in [0.2, 0.25) is 0 Å². The summed E-state index contributed by atoms with van der Waals surface area (Å²) in [4.78, 5) is 31.9. The third-order valence-electron chi connectivity index (χ3n) is 2.88. The van der Waals surface area contributed by atoms with E-state index in [0.717, 1.165) is 0 Å². The number of halogens is 3. The molecule has 7 nitrogen and oxygen atoms in total. The number of benzene rings is 1. The molecule has 0 radical (unpaired) electrons. The van der Waals surface area contributed by atoms with Gasteiger partial charge in [0.15, 0.2) is 0 Å². The number of nitro groups is 1. The van der Waals surface area contributed by atoms with Gasteiger partial charge in [0.25, 0.3) is 5.69 Å². The Morgan fingerprint density at radius 3 is 2.29 bits per heavy atom. The van der Waals surface area contributed by atoms with Crippen molar-refractivity contribution in [3.63, 3.8) is 0 Å². The summed E-state index contributed by atoms with van der Waals surface area (Å²) in [5.74, 6) is -2.37. The van der Waals surface area contributed by atoms with Crippen molar-refractivity contribution in [1.82, 2.24) is 5.32 Å². The number of hydrogen-bond acceptors (Lipinski definition) is 5. The van der Waals surface area contributed by atoms with Crippen LogP contribution in [0.1, 0.15) is 25.7 Å². The van der Waals surface area contributed by atoms with Crippen LogP contribution in [0.15, 0.2) is 24.3 Å². The number of nitrogens with one attached hydrogen (secondary N) is 1. The second-order valence-electron chi connectivity index (χ2n) is 4.79. The summed E-state index contributed by atoms with van der Waals surface area (Å²) in [6, 6.07) is 4.99. The van der Waals surface area contributed by atoms with Gasteiger partial charge in [-0.2, -0.15) is 13.2 Å². The number of nitrogens with zero attached hydrogens (tertiary/aromatic N) is 1. The molecule has 10 heteroatoms. The number of rotatable bonds is 8. The molecule has 0 aromatic heterocycles. The van der Waals surface area contributed by atoms with Crippen LogP contribution >= 0.6 is 0 Å². The van der Waals surface area contributed by atoms with Gasteiger partial charge in [-0.1, -0.05) is 6.42 Å². The van der Waals surface area contributed by atoms with E-state index in [1.54, 1.807) is 5.32 Å². The van der Waals surface area contributed by atoms with Gasteiger partial charge < -0.3 is 10.1 Å². The molecule has 0 bridgehead atoms. The summed E-state index contributed by atoms with van der Waals surface area (Å²) in [6.45, 7) is -0.129. The molecule has 132 valence electrons. The first kappa shape index (κ1) is 19.4. The second-order valence-corrected chi connectivity index (χ2v) is 4.79. The number of amides is 1. The van der Waals surface area contributed by atoms with Gasteiger partial charge in [-0.3, -0.25) is 19.7 Å². The highest BCUT2D eigenvalue weighted by Gasteiger charge is 2.38. The van der Waals surface area contributed by atoms with Crippen LogP contribution in [0, 0.1) is 10.1 Å². The minimum absolute atomic E-state index is 0.0458. The fourth-order valence-electron chi connectivity index (χ4n) is 1.69. The number of carbonyl (C=O) groups is 2. The van der Waals surface area contributed by atoms with Crippen LogP contribution in [0.3, 0.4) is 0 Å². The van der Waals surface area contributed by atoms with Crippen LogP contribution in [0.4, 0.5) is 18.9 Å². The zero-order valence-corrected chi connectivity index (χ0v) is 12.5. The molecule has 1 rings (SSSR count). The van der Waals surface area contributed by atoms with Gasteiger partial charge >= 0.3 is 18.1 Å². The summed E-state index contributed by atoms with van der Waals surface area (Å²) >= 11 is 0. The molecule has 0 aliphatic heterocycles. The molecule has 1 aromatic rings. The minimum Gasteiger partial charge on any atom is -0.427 e. The van der Waals surface area contributed by atoms with Crippen molar-refractivity contribution in [2.75, 3.05) is 6.54 Å². The summed E-state index contributed by atoms with van der Waals surface area (Å²) in [6.07, 6.45) is -3.73. The van der Waals surface area contributed by atoms with E-state index >= 15 is 0 Å². The van der Waals surface area contributed by atoms with E-state index in [0.29, 0.717) is 19.3 Å². The van der Waals surface area contributed by atoms with Crippen molar-refractivity contribution in [2.24, 2.45) is 0 Å². The van der Waals surface area contributed by atoms with Crippen molar-refractivity contribution in [3.8, 4) is 5.75 Å². The molecule has 0 aliphatic carbocycles. The molecule has 0 fully saturated rings. The fourth-order valence-corrected chi connectivity index (χ4v) is 1.69. The third-order valence-corrected chi connectivity index (χ3v) is 2.88. The van der Waals surface area contributed by atoms with Gasteiger partial charge in [-0.05, 0) is 25.0 Å². The zero-order valence-electron chi connectivity index (χ0n) is 12.5. The molecule has 1 amide bonds. The standard InChI is InChI=1S/C14H15F3N2O5/c15-14(16,17)13(21)18-9-3-1-2-4-12(20)24-11-7-5-10(6-8-11)19(22)23/h5-8H,1-4,9H2,(H,18,21).